The first-order valence-electron chi connectivity index (χ1n) is 3.52. The molecule has 0 spiro atoms. The van der Waals surface area contributed by atoms with Crippen LogP contribution < -0.4 is 0 Å². The largest absolute Gasteiger partial charge is 0.346 e. The average Bonchev–Trinajstić information content (AvgIpc) is 1.98. The highest BCUT2D eigenvalue weighted by Gasteiger charge is 2.03. The molecule has 10 heavy (non-hydrogen) atoms. The molecule has 0 heterocycles. The van der Waals surface area contributed by atoms with Gasteiger partial charge in [0.2, 0.25) is 5.91 Å². The van der Waals surface area contributed by atoms with E-state index in [1.807, 2.05) is 14.0 Å². The molecule has 0 unspecified atom stereocenters. The van der Waals surface area contributed by atoms with Gasteiger partial charge in [-0.3, -0.25) is 4.79 Å². The van der Waals surface area contributed by atoms with Crippen LogP contribution in [0, 0.1) is 0 Å². The van der Waals surface area contributed by atoms with E-state index in [1.54, 1.807) is 4.90 Å². The van der Waals surface area contributed by atoms with Crippen molar-refractivity contribution >= 4 is 21.8 Å². The van der Waals surface area contributed by atoms with Crippen LogP contribution >= 0.6 is 15.9 Å². The summed E-state index contributed by atoms with van der Waals surface area (Å²) in [7, 11) is 1.83. The van der Waals surface area contributed by atoms with Crippen LogP contribution in [0.3, 0.4) is 0 Å². The molecule has 0 atom stereocenters. The molecule has 0 aliphatic carbocycles. The standard InChI is InChI=1S/C7H14BrNO/c1-3-9(2)7(10)5-4-6-8/h3-6H2,1-2H3. The third-order valence-electron chi connectivity index (χ3n) is 1.42. The maximum absolute atomic E-state index is 11.0. The summed E-state index contributed by atoms with van der Waals surface area (Å²) in [5.74, 6) is 0.238. The van der Waals surface area contributed by atoms with Gasteiger partial charge in [0.1, 0.15) is 0 Å². The first-order chi connectivity index (χ1) is 4.72. The summed E-state index contributed by atoms with van der Waals surface area (Å²) < 4.78 is 0. The van der Waals surface area contributed by atoms with Crippen molar-refractivity contribution in [1.29, 1.82) is 0 Å². The van der Waals surface area contributed by atoms with Crippen molar-refractivity contribution < 1.29 is 4.79 Å². The lowest BCUT2D eigenvalue weighted by Crippen LogP contribution is -2.25. The number of amides is 1. The quantitative estimate of drug-likeness (QED) is 0.643. The van der Waals surface area contributed by atoms with Crippen molar-refractivity contribution in [3.63, 3.8) is 0 Å². The molecule has 60 valence electrons. The molecule has 0 rings (SSSR count). The van der Waals surface area contributed by atoms with Gasteiger partial charge in [0.15, 0.2) is 0 Å². The Morgan fingerprint density at radius 2 is 2.20 bits per heavy atom. The lowest BCUT2D eigenvalue weighted by molar-refractivity contribution is -0.129. The van der Waals surface area contributed by atoms with Gasteiger partial charge in [-0.25, -0.2) is 0 Å². The van der Waals surface area contributed by atoms with Gasteiger partial charge in [-0.1, -0.05) is 15.9 Å². The van der Waals surface area contributed by atoms with Crippen molar-refractivity contribution in [1.82, 2.24) is 4.90 Å². The van der Waals surface area contributed by atoms with E-state index in [0.29, 0.717) is 6.42 Å². The van der Waals surface area contributed by atoms with Gasteiger partial charge >= 0.3 is 0 Å². The highest BCUT2D eigenvalue weighted by Crippen LogP contribution is 1.97. The Morgan fingerprint density at radius 3 is 2.60 bits per heavy atom. The molecule has 1 amide bonds. The fourth-order valence-electron chi connectivity index (χ4n) is 0.585. The molecule has 0 radical (unpaired) electrons. The number of hydrogen-bond acceptors (Lipinski definition) is 1. The lowest BCUT2D eigenvalue weighted by atomic mass is 10.3. The minimum absolute atomic E-state index is 0.238. The summed E-state index contributed by atoms with van der Waals surface area (Å²) in [5.41, 5.74) is 0. The van der Waals surface area contributed by atoms with E-state index in [9.17, 15) is 4.79 Å². The number of carbonyl (C=O) groups is 1. The highest BCUT2D eigenvalue weighted by atomic mass is 79.9. The molecule has 0 fully saturated rings. The second kappa shape index (κ2) is 5.71. The Labute approximate surface area is 70.7 Å². The van der Waals surface area contributed by atoms with Crippen LogP contribution in [0.1, 0.15) is 19.8 Å². The van der Waals surface area contributed by atoms with Crippen molar-refractivity contribution in [2.75, 3.05) is 18.9 Å². The minimum atomic E-state index is 0.238. The third kappa shape index (κ3) is 3.88. The highest BCUT2D eigenvalue weighted by molar-refractivity contribution is 9.09. The van der Waals surface area contributed by atoms with Gasteiger partial charge < -0.3 is 4.90 Å². The second-order valence-corrected chi connectivity index (χ2v) is 2.99. The number of carbonyl (C=O) groups excluding carboxylic acids is 1. The molecular weight excluding hydrogens is 194 g/mol. The van der Waals surface area contributed by atoms with E-state index in [4.69, 9.17) is 0 Å². The summed E-state index contributed by atoms with van der Waals surface area (Å²) in [6.45, 7) is 2.78. The van der Waals surface area contributed by atoms with Gasteiger partial charge in [-0.2, -0.15) is 0 Å². The fraction of sp³-hybridized carbons (Fsp3) is 0.857. The van der Waals surface area contributed by atoms with Crippen LogP contribution in [-0.2, 0) is 4.79 Å². The van der Waals surface area contributed by atoms with Crippen molar-refractivity contribution in [3.8, 4) is 0 Å². The summed E-state index contributed by atoms with van der Waals surface area (Å²) in [4.78, 5) is 12.8. The van der Waals surface area contributed by atoms with E-state index >= 15 is 0 Å². The summed E-state index contributed by atoms with van der Waals surface area (Å²) in [6.07, 6.45) is 1.60. The van der Waals surface area contributed by atoms with Gasteiger partial charge in [0.25, 0.3) is 0 Å². The first-order valence-corrected chi connectivity index (χ1v) is 4.64. The van der Waals surface area contributed by atoms with Gasteiger partial charge in [-0.15, -0.1) is 0 Å². The van der Waals surface area contributed by atoms with Crippen LogP contribution in [-0.4, -0.2) is 29.7 Å². The number of alkyl halides is 1. The zero-order valence-corrected chi connectivity index (χ0v) is 8.15. The maximum Gasteiger partial charge on any atom is 0.222 e. The number of rotatable bonds is 4. The van der Waals surface area contributed by atoms with Crippen molar-refractivity contribution in [2.24, 2.45) is 0 Å². The van der Waals surface area contributed by atoms with Gasteiger partial charge in [0.05, 0.1) is 0 Å². The Balaban J connectivity index is 3.42. The molecule has 0 aromatic heterocycles. The molecule has 0 aromatic rings. The SMILES string of the molecule is CCN(C)C(=O)CCCBr. The second-order valence-electron chi connectivity index (χ2n) is 2.20. The molecule has 0 aliphatic heterocycles. The summed E-state index contributed by atoms with van der Waals surface area (Å²) in [6, 6.07) is 0. The fourth-order valence-corrected chi connectivity index (χ4v) is 0.866. The molecule has 2 nitrogen and oxygen atoms in total. The van der Waals surface area contributed by atoms with E-state index < -0.39 is 0 Å². The van der Waals surface area contributed by atoms with Crippen molar-refractivity contribution in [3.05, 3.63) is 0 Å². The zero-order valence-electron chi connectivity index (χ0n) is 6.56. The lowest BCUT2D eigenvalue weighted by Gasteiger charge is -2.13. The molecule has 0 bridgehead atoms. The van der Waals surface area contributed by atoms with E-state index in [2.05, 4.69) is 15.9 Å². The molecule has 3 heteroatoms. The minimum Gasteiger partial charge on any atom is -0.346 e. The zero-order chi connectivity index (χ0) is 7.98. The summed E-state index contributed by atoms with van der Waals surface area (Å²) in [5, 5.41) is 0.913. The third-order valence-corrected chi connectivity index (χ3v) is 1.99. The molecule has 0 aliphatic rings. The average molecular weight is 208 g/mol. The number of hydrogen-bond donors (Lipinski definition) is 0. The predicted octanol–water partition coefficient (Wildman–Crippen LogP) is 1.64. The number of halogens is 1. The summed E-state index contributed by atoms with van der Waals surface area (Å²) >= 11 is 3.28. The van der Waals surface area contributed by atoms with Gasteiger partial charge in [-0.05, 0) is 13.3 Å². The van der Waals surface area contributed by atoms with Crippen LogP contribution in [0.25, 0.3) is 0 Å². The van der Waals surface area contributed by atoms with E-state index in [-0.39, 0.29) is 5.91 Å². The Morgan fingerprint density at radius 1 is 1.60 bits per heavy atom. The normalized spacial score (nSPS) is 9.50. The Hall–Kier alpha value is -0.0500. The topological polar surface area (TPSA) is 20.3 Å². The monoisotopic (exact) mass is 207 g/mol. The number of nitrogens with zero attached hydrogens (tertiary/aromatic N) is 1. The molecule has 0 saturated carbocycles. The van der Waals surface area contributed by atoms with Crippen LogP contribution in [0.15, 0.2) is 0 Å². The van der Waals surface area contributed by atoms with E-state index in [0.717, 1.165) is 18.3 Å². The van der Waals surface area contributed by atoms with Crippen LogP contribution in [0.5, 0.6) is 0 Å². The molecular formula is C7H14BrNO. The molecule has 0 saturated heterocycles. The molecule has 0 N–H and O–H groups in total. The smallest absolute Gasteiger partial charge is 0.222 e. The Kier molecular flexibility index (Phi) is 5.69. The van der Waals surface area contributed by atoms with Crippen molar-refractivity contribution in [2.45, 2.75) is 19.8 Å². The Bertz CT molecular complexity index is 106. The van der Waals surface area contributed by atoms with E-state index in [1.165, 1.54) is 0 Å². The van der Waals surface area contributed by atoms with Crippen LogP contribution in [0.4, 0.5) is 0 Å². The van der Waals surface area contributed by atoms with Gasteiger partial charge in [0, 0.05) is 25.3 Å². The van der Waals surface area contributed by atoms with Crippen LogP contribution in [0.2, 0.25) is 0 Å². The maximum atomic E-state index is 11.0. The predicted molar refractivity (Wildman–Crippen MR) is 46.3 cm³/mol. The molecule has 0 aromatic carbocycles. The first kappa shape index (κ1) is 9.95.